The average molecular weight is 403 g/mol. The highest BCUT2D eigenvalue weighted by atomic mass is 16.5. The van der Waals surface area contributed by atoms with Crippen molar-refractivity contribution >= 4 is 12.0 Å². The van der Waals surface area contributed by atoms with Gasteiger partial charge in [0, 0.05) is 31.2 Å². The molecule has 29 heavy (non-hydrogen) atoms. The minimum absolute atomic E-state index is 0.0107. The van der Waals surface area contributed by atoms with Crippen molar-refractivity contribution in [2.45, 2.75) is 25.7 Å². The number of morpholine rings is 1. The summed E-state index contributed by atoms with van der Waals surface area (Å²) in [6, 6.07) is -0.0556. The van der Waals surface area contributed by atoms with Crippen LogP contribution in [0.25, 0.3) is 0 Å². The van der Waals surface area contributed by atoms with Gasteiger partial charge in [-0.05, 0) is 31.8 Å². The lowest BCUT2D eigenvalue weighted by Gasteiger charge is -2.35. The van der Waals surface area contributed by atoms with Crippen LogP contribution in [-0.2, 0) is 14.3 Å². The summed E-state index contributed by atoms with van der Waals surface area (Å²) in [5.41, 5.74) is 1.94. The summed E-state index contributed by atoms with van der Waals surface area (Å²) in [4.78, 5) is 39.4. The Balaban J connectivity index is 1.77. The van der Waals surface area contributed by atoms with Crippen LogP contribution in [0.5, 0.6) is 0 Å². The lowest BCUT2D eigenvalue weighted by Crippen LogP contribution is -2.48. The maximum absolute atomic E-state index is 13.3. The molecule has 1 saturated heterocycles. The van der Waals surface area contributed by atoms with Gasteiger partial charge in [0.2, 0.25) is 0 Å². The van der Waals surface area contributed by atoms with E-state index < -0.39 is 0 Å². The molecule has 8 heteroatoms. The van der Waals surface area contributed by atoms with E-state index in [1.807, 2.05) is 18.2 Å². The van der Waals surface area contributed by atoms with E-state index in [2.05, 4.69) is 11.3 Å². The third-order valence-corrected chi connectivity index (χ3v) is 5.67. The Morgan fingerprint density at radius 2 is 2.10 bits per heavy atom. The van der Waals surface area contributed by atoms with Crippen LogP contribution in [0.4, 0.5) is 4.79 Å². The molecule has 0 spiro atoms. The van der Waals surface area contributed by atoms with E-state index in [1.165, 1.54) is 7.11 Å². The van der Waals surface area contributed by atoms with Gasteiger partial charge in [-0.15, -0.1) is 0 Å². The molecule has 3 aliphatic rings. The number of methoxy groups -OCH3 is 1. The number of ether oxygens (including phenoxy) is 2. The number of amides is 2. The van der Waals surface area contributed by atoms with Crippen LogP contribution in [0.1, 0.15) is 25.7 Å². The summed E-state index contributed by atoms with van der Waals surface area (Å²) >= 11 is 0. The van der Waals surface area contributed by atoms with Crippen LogP contribution >= 0.6 is 0 Å². The fourth-order valence-electron chi connectivity index (χ4n) is 3.94. The first-order chi connectivity index (χ1) is 14.1. The molecular formula is C21H29N3O5. The predicted octanol–water partition coefficient (Wildman–Crippen LogP) is 2.87. The van der Waals surface area contributed by atoms with E-state index in [-0.39, 0.29) is 30.4 Å². The third-order valence-electron chi connectivity index (χ3n) is 5.67. The number of nitroso groups, excluding NO2 is 1. The van der Waals surface area contributed by atoms with Gasteiger partial charge in [-0.3, -0.25) is 9.69 Å². The second-order valence-corrected chi connectivity index (χ2v) is 7.63. The molecule has 0 bridgehead atoms. The molecule has 1 heterocycles. The van der Waals surface area contributed by atoms with Gasteiger partial charge in [-0.1, -0.05) is 29.0 Å². The minimum Gasteiger partial charge on any atom is -0.469 e. The molecule has 2 atom stereocenters. The molecule has 158 valence electrons. The van der Waals surface area contributed by atoms with Crippen molar-refractivity contribution < 1.29 is 19.1 Å². The molecule has 0 saturated carbocycles. The van der Waals surface area contributed by atoms with E-state index in [0.29, 0.717) is 39.3 Å². The van der Waals surface area contributed by atoms with Gasteiger partial charge in [0.25, 0.3) is 0 Å². The van der Waals surface area contributed by atoms with Crippen molar-refractivity contribution in [3.8, 4) is 0 Å². The molecule has 8 nitrogen and oxygen atoms in total. The van der Waals surface area contributed by atoms with E-state index in [1.54, 1.807) is 9.80 Å². The topological polar surface area (TPSA) is 88.5 Å². The molecular weight excluding hydrogens is 374 g/mol. The summed E-state index contributed by atoms with van der Waals surface area (Å²) in [6.07, 6.45) is 10.8. The van der Waals surface area contributed by atoms with E-state index >= 15 is 0 Å². The van der Waals surface area contributed by atoms with Crippen LogP contribution in [0, 0.1) is 16.7 Å². The number of carbonyl (C=O) groups is 2. The van der Waals surface area contributed by atoms with Gasteiger partial charge < -0.3 is 14.4 Å². The Bertz CT molecular complexity index is 707. The zero-order valence-corrected chi connectivity index (χ0v) is 16.9. The van der Waals surface area contributed by atoms with Crippen LogP contribution in [-0.4, -0.2) is 68.3 Å². The molecule has 2 amide bonds. The summed E-state index contributed by atoms with van der Waals surface area (Å²) in [5, 5.41) is 3.02. The lowest BCUT2D eigenvalue weighted by molar-refractivity contribution is -0.145. The molecule has 3 rings (SSSR count). The van der Waals surface area contributed by atoms with Gasteiger partial charge in [0.05, 0.1) is 32.8 Å². The van der Waals surface area contributed by atoms with Gasteiger partial charge in [-0.25, -0.2) is 4.79 Å². The first kappa shape index (κ1) is 21.2. The number of esters is 1. The largest absolute Gasteiger partial charge is 0.469 e. The second kappa shape index (κ2) is 10.3. The molecule has 1 fully saturated rings. The van der Waals surface area contributed by atoms with Crippen LogP contribution in [0.3, 0.4) is 0 Å². The number of carbonyl (C=O) groups excluding carboxylic acids is 2. The number of hydrogen-bond donors (Lipinski definition) is 0. The molecule has 0 aromatic carbocycles. The third kappa shape index (κ3) is 5.53. The monoisotopic (exact) mass is 403 g/mol. The molecule has 0 aromatic rings. The lowest BCUT2D eigenvalue weighted by atomic mass is 9.89. The first-order valence-electron chi connectivity index (χ1n) is 10.2. The van der Waals surface area contributed by atoms with E-state index in [0.717, 1.165) is 30.5 Å². The van der Waals surface area contributed by atoms with Crippen LogP contribution in [0.2, 0.25) is 0 Å². The Labute approximate surface area is 171 Å². The summed E-state index contributed by atoms with van der Waals surface area (Å²) in [6.45, 7) is 2.88. The van der Waals surface area contributed by atoms with Crippen molar-refractivity contribution in [2.24, 2.45) is 17.0 Å². The molecule has 0 aromatic heterocycles. The highest BCUT2D eigenvalue weighted by Crippen LogP contribution is 2.28. The number of rotatable bonds is 6. The fraction of sp³-hybridized carbons (Fsp3) is 0.619. The SMILES string of the molecule is COC(=O)C1CC=C(CN(C(=O)N2CCOCC2)C2=CC(CN=O)CC=C2)CC1. The number of hydrogen-bond acceptors (Lipinski definition) is 6. The quantitative estimate of drug-likeness (QED) is 0.387. The normalized spacial score (nSPS) is 24.4. The van der Waals surface area contributed by atoms with Crippen LogP contribution in [0.15, 0.2) is 40.8 Å². The average Bonchev–Trinajstić information content (AvgIpc) is 2.78. The number of urea groups is 1. The molecule has 1 aliphatic heterocycles. The molecule has 2 aliphatic carbocycles. The van der Waals surface area contributed by atoms with Gasteiger partial charge in [0.1, 0.15) is 0 Å². The van der Waals surface area contributed by atoms with Crippen molar-refractivity contribution in [3.63, 3.8) is 0 Å². The van der Waals surface area contributed by atoms with Gasteiger partial charge >= 0.3 is 12.0 Å². The Morgan fingerprint density at radius 3 is 2.76 bits per heavy atom. The standard InChI is InChI=1S/C21H29N3O5/c1-28-20(25)18-7-5-16(6-8-18)15-24(21(26)23-9-11-29-12-10-23)19-4-2-3-17(13-19)14-22-27/h2,4-5,13,17-18H,3,6-12,14-15H2,1H3. The highest BCUT2D eigenvalue weighted by molar-refractivity contribution is 5.77. The summed E-state index contributed by atoms with van der Waals surface area (Å²) in [7, 11) is 1.41. The number of allylic oxidation sites excluding steroid dienone is 3. The zero-order chi connectivity index (χ0) is 20.6. The van der Waals surface area contributed by atoms with Crippen molar-refractivity contribution in [1.29, 1.82) is 0 Å². The fourth-order valence-corrected chi connectivity index (χ4v) is 3.94. The first-order valence-corrected chi connectivity index (χ1v) is 10.2. The van der Waals surface area contributed by atoms with Gasteiger partial charge in [0.15, 0.2) is 0 Å². The molecule has 0 radical (unpaired) electrons. The van der Waals surface area contributed by atoms with Gasteiger partial charge in [-0.2, -0.15) is 4.91 Å². The zero-order valence-electron chi connectivity index (χ0n) is 16.9. The maximum atomic E-state index is 13.3. The van der Waals surface area contributed by atoms with E-state index in [4.69, 9.17) is 9.47 Å². The van der Waals surface area contributed by atoms with Crippen LogP contribution < -0.4 is 0 Å². The van der Waals surface area contributed by atoms with Crippen molar-refractivity contribution in [3.05, 3.63) is 40.5 Å². The Kier molecular flexibility index (Phi) is 7.57. The summed E-state index contributed by atoms with van der Waals surface area (Å²) in [5.74, 6) is -0.274. The Hall–Kier alpha value is -2.48. The Morgan fingerprint density at radius 1 is 1.31 bits per heavy atom. The molecule has 2 unspecified atom stereocenters. The number of nitrogens with zero attached hydrogens (tertiary/aromatic N) is 3. The minimum atomic E-state index is -0.177. The summed E-state index contributed by atoms with van der Waals surface area (Å²) < 4.78 is 10.2. The molecule has 0 N–H and O–H groups in total. The predicted molar refractivity (Wildman–Crippen MR) is 108 cm³/mol. The smallest absolute Gasteiger partial charge is 0.324 e. The van der Waals surface area contributed by atoms with Crippen molar-refractivity contribution in [2.75, 3.05) is 46.5 Å². The second-order valence-electron chi connectivity index (χ2n) is 7.63. The van der Waals surface area contributed by atoms with Crippen molar-refractivity contribution in [1.82, 2.24) is 9.80 Å². The maximum Gasteiger partial charge on any atom is 0.324 e. The highest BCUT2D eigenvalue weighted by Gasteiger charge is 2.29. The van der Waals surface area contributed by atoms with E-state index in [9.17, 15) is 14.5 Å².